The Labute approximate surface area is 320 Å². The van der Waals surface area contributed by atoms with Crippen LogP contribution in [0.1, 0.15) is 26.4 Å². The third kappa shape index (κ3) is 8.12. The van der Waals surface area contributed by atoms with Crippen LogP contribution in [0.2, 0.25) is 0 Å². The van der Waals surface area contributed by atoms with Crippen LogP contribution in [0.25, 0.3) is 50.2 Å². The number of nitrogens with zero attached hydrogens (tertiary/aromatic N) is 7. The van der Waals surface area contributed by atoms with Crippen LogP contribution in [-0.2, 0) is 0 Å². The summed E-state index contributed by atoms with van der Waals surface area (Å²) in [7, 11) is 0. The number of rotatable bonds is 5. The lowest BCUT2D eigenvalue weighted by molar-refractivity contribution is 0.103. The second-order valence-electron chi connectivity index (χ2n) is 11.5. The zero-order valence-electron chi connectivity index (χ0n) is 27.8. The van der Waals surface area contributed by atoms with Crippen molar-refractivity contribution in [2.75, 3.05) is 0 Å². The molecule has 7 heterocycles. The zero-order chi connectivity index (χ0) is 36.6. The van der Waals surface area contributed by atoms with Gasteiger partial charge in [-0.1, -0.05) is 56.1 Å². The summed E-state index contributed by atoms with van der Waals surface area (Å²) in [5.74, 6) is 0.752. The lowest BCUT2D eigenvalue weighted by atomic mass is 10.1. The lowest BCUT2D eigenvalue weighted by Crippen LogP contribution is -2.04. The number of carbonyl (C=O) groups is 2. The van der Waals surface area contributed by atoms with Crippen LogP contribution in [0.4, 0.5) is 0 Å². The average Bonchev–Trinajstić information content (AvgIpc) is 3.62. The summed E-state index contributed by atoms with van der Waals surface area (Å²) in [5, 5.41) is 2.00. The fourth-order valence-corrected chi connectivity index (χ4v) is 6.37. The molecule has 0 radical (unpaired) electrons. The molecule has 9 rings (SSSR count). The maximum absolute atomic E-state index is 12.2. The number of halogens is 2. The molecule has 9 nitrogen and oxygen atoms in total. The molecule has 53 heavy (non-hydrogen) atoms. The molecule has 0 bridgehead atoms. The standard InChI is InChI=1S/C21H13BrN4.C14H9N3O.C7H5BrO/c22-17-5-1-3-16(13-17)21-25-19(14-8-11-23-12-9-14)18-7-6-15-4-2-10-24-20(15)26(18)21;18-13(10-5-8-15-9-6-10)12-4-3-11-2-1-7-16-14(11)17-12;8-7-3-1-2-6(4-7)5-9/h1-13H;1-9H;1-5H. The van der Waals surface area contributed by atoms with Crippen LogP contribution in [-0.4, -0.2) is 46.4 Å². The fraction of sp³-hybridized carbons (Fsp3) is 0. The minimum atomic E-state index is -0.120. The number of ketones is 1. The number of hydrogen-bond acceptors (Lipinski definition) is 8. The Hall–Kier alpha value is -6.30. The van der Waals surface area contributed by atoms with E-state index in [0.717, 1.165) is 59.8 Å². The van der Waals surface area contributed by atoms with Gasteiger partial charge in [0, 0.05) is 79.2 Å². The SMILES string of the molecule is Brc1cccc(-c2nc(-c3ccncc3)c3ccc4cccnc4n23)c1.O=C(c1ccncc1)c1ccc2cccnc2n1.O=Cc1cccc(Br)c1. The van der Waals surface area contributed by atoms with Gasteiger partial charge in [-0.2, -0.15) is 0 Å². The Morgan fingerprint density at radius 1 is 0.604 bits per heavy atom. The van der Waals surface area contributed by atoms with Crippen LogP contribution in [0.15, 0.2) is 167 Å². The van der Waals surface area contributed by atoms with E-state index in [1.165, 1.54) is 0 Å². The Kier molecular flexibility index (Phi) is 10.8. The molecular weight excluding hydrogens is 794 g/mol. The molecule has 0 aliphatic carbocycles. The van der Waals surface area contributed by atoms with E-state index in [2.05, 4.69) is 91.5 Å². The number of aldehydes is 1. The summed E-state index contributed by atoms with van der Waals surface area (Å²) >= 11 is 6.81. The normalized spacial score (nSPS) is 10.6. The van der Waals surface area contributed by atoms with Crippen molar-refractivity contribution in [3.05, 3.63) is 184 Å². The van der Waals surface area contributed by atoms with Crippen molar-refractivity contribution >= 4 is 71.5 Å². The van der Waals surface area contributed by atoms with Crippen LogP contribution in [0.5, 0.6) is 0 Å². The maximum Gasteiger partial charge on any atom is 0.211 e. The molecule has 7 aromatic heterocycles. The first-order chi connectivity index (χ1) is 26.0. The van der Waals surface area contributed by atoms with E-state index in [1.807, 2.05) is 66.9 Å². The first-order valence-electron chi connectivity index (χ1n) is 16.3. The van der Waals surface area contributed by atoms with Crippen molar-refractivity contribution in [3.63, 3.8) is 0 Å². The highest BCUT2D eigenvalue weighted by molar-refractivity contribution is 9.10. The van der Waals surface area contributed by atoms with Gasteiger partial charge in [0.1, 0.15) is 23.5 Å². The molecule has 0 atom stereocenters. The van der Waals surface area contributed by atoms with E-state index < -0.39 is 0 Å². The van der Waals surface area contributed by atoms with Crippen molar-refractivity contribution in [1.82, 2.24) is 34.3 Å². The molecule has 0 amide bonds. The molecule has 0 fully saturated rings. The molecule has 0 unspecified atom stereocenters. The zero-order valence-corrected chi connectivity index (χ0v) is 31.0. The number of pyridine rings is 6. The Morgan fingerprint density at radius 3 is 2.00 bits per heavy atom. The van der Waals surface area contributed by atoms with Gasteiger partial charge < -0.3 is 0 Å². The van der Waals surface area contributed by atoms with Crippen LogP contribution < -0.4 is 0 Å². The van der Waals surface area contributed by atoms with Gasteiger partial charge in [-0.15, -0.1) is 0 Å². The van der Waals surface area contributed by atoms with Crippen LogP contribution in [0.3, 0.4) is 0 Å². The number of benzene rings is 2. The Bertz CT molecular complexity index is 2710. The molecule has 0 aliphatic rings. The Morgan fingerprint density at radius 2 is 1.28 bits per heavy atom. The minimum absolute atomic E-state index is 0.120. The predicted molar refractivity (Wildman–Crippen MR) is 214 cm³/mol. The van der Waals surface area contributed by atoms with Crippen LogP contribution >= 0.6 is 31.9 Å². The quantitative estimate of drug-likeness (QED) is 0.125. The summed E-state index contributed by atoms with van der Waals surface area (Å²) in [6.07, 6.45) is 11.1. The fourth-order valence-electron chi connectivity index (χ4n) is 5.55. The summed E-state index contributed by atoms with van der Waals surface area (Å²) in [4.78, 5) is 48.4. The van der Waals surface area contributed by atoms with Gasteiger partial charge in [-0.05, 0) is 97.1 Å². The predicted octanol–water partition coefficient (Wildman–Crippen LogP) is 9.89. The topological polar surface area (TPSA) is 116 Å². The maximum atomic E-state index is 12.2. The second-order valence-corrected chi connectivity index (χ2v) is 13.3. The highest BCUT2D eigenvalue weighted by Gasteiger charge is 2.17. The van der Waals surface area contributed by atoms with Gasteiger partial charge in [0.25, 0.3) is 0 Å². The molecule has 0 spiro atoms. The van der Waals surface area contributed by atoms with E-state index in [9.17, 15) is 9.59 Å². The summed E-state index contributed by atoms with van der Waals surface area (Å²) < 4.78 is 4.09. The van der Waals surface area contributed by atoms with Crippen molar-refractivity contribution in [1.29, 1.82) is 0 Å². The molecule has 9 aromatic rings. The molecule has 0 aliphatic heterocycles. The van der Waals surface area contributed by atoms with Gasteiger partial charge in [0.05, 0.1) is 11.2 Å². The molecule has 256 valence electrons. The molecule has 2 aromatic carbocycles. The molecular formula is C42H27Br2N7O2. The first kappa shape index (κ1) is 35.1. The van der Waals surface area contributed by atoms with Gasteiger partial charge in [0.15, 0.2) is 5.65 Å². The lowest BCUT2D eigenvalue weighted by Gasteiger charge is -2.06. The largest absolute Gasteiger partial charge is 0.298 e. The smallest absolute Gasteiger partial charge is 0.211 e. The number of imidazole rings is 1. The van der Waals surface area contributed by atoms with Gasteiger partial charge >= 0.3 is 0 Å². The number of aromatic nitrogens is 7. The number of hydrogen-bond donors (Lipinski definition) is 0. The van der Waals surface area contributed by atoms with Crippen LogP contribution in [0, 0.1) is 0 Å². The molecule has 11 heteroatoms. The van der Waals surface area contributed by atoms with Gasteiger partial charge in [-0.3, -0.25) is 24.0 Å². The van der Waals surface area contributed by atoms with E-state index in [0.29, 0.717) is 22.5 Å². The van der Waals surface area contributed by atoms with E-state index in [4.69, 9.17) is 4.98 Å². The highest BCUT2D eigenvalue weighted by atomic mass is 79.9. The minimum Gasteiger partial charge on any atom is -0.298 e. The second kappa shape index (κ2) is 16.4. The van der Waals surface area contributed by atoms with Crippen molar-refractivity contribution in [2.45, 2.75) is 0 Å². The van der Waals surface area contributed by atoms with Crippen molar-refractivity contribution < 1.29 is 9.59 Å². The highest BCUT2D eigenvalue weighted by Crippen LogP contribution is 2.33. The third-order valence-electron chi connectivity index (χ3n) is 8.02. The summed E-state index contributed by atoms with van der Waals surface area (Å²) in [5.41, 5.74) is 7.17. The Balaban J connectivity index is 0.000000139. The molecule has 0 saturated heterocycles. The van der Waals surface area contributed by atoms with Gasteiger partial charge in [0.2, 0.25) is 5.78 Å². The summed E-state index contributed by atoms with van der Waals surface area (Å²) in [6.45, 7) is 0. The summed E-state index contributed by atoms with van der Waals surface area (Å²) in [6, 6.07) is 38.3. The van der Waals surface area contributed by atoms with Gasteiger partial charge in [-0.25, -0.2) is 19.9 Å². The average molecular weight is 822 g/mol. The molecule has 0 saturated carbocycles. The van der Waals surface area contributed by atoms with E-state index >= 15 is 0 Å². The van der Waals surface area contributed by atoms with Crippen molar-refractivity contribution in [2.24, 2.45) is 0 Å². The first-order valence-corrected chi connectivity index (χ1v) is 17.9. The third-order valence-corrected chi connectivity index (χ3v) is 9.01. The molecule has 0 N–H and O–H groups in total. The number of carbonyl (C=O) groups excluding carboxylic acids is 2. The monoisotopic (exact) mass is 819 g/mol. The van der Waals surface area contributed by atoms with Crippen molar-refractivity contribution in [3.8, 4) is 22.6 Å². The van der Waals surface area contributed by atoms with E-state index in [-0.39, 0.29) is 5.78 Å². The number of fused-ring (bicyclic) bond motifs is 4. The van der Waals surface area contributed by atoms with E-state index in [1.54, 1.807) is 61.3 Å².